The van der Waals surface area contributed by atoms with E-state index in [1.165, 1.54) is 18.4 Å². The van der Waals surface area contributed by atoms with Crippen LogP contribution in [0.15, 0.2) is 87.4 Å². The van der Waals surface area contributed by atoms with E-state index >= 15 is 0 Å². The molecule has 1 aromatic heterocycles. The van der Waals surface area contributed by atoms with Crippen LogP contribution >= 0.6 is 0 Å². The number of hydrazone groups is 1. The molecule has 0 saturated heterocycles. The van der Waals surface area contributed by atoms with Crippen molar-refractivity contribution in [3.63, 3.8) is 0 Å². The molecule has 0 radical (unpaired) electrons. The fourth-order valence-corrected chi connectivity index (χ4v) is 5.20. The monoisotopic (exact) mass is 445 g/mol. The molecule has 4 rings (SSSR count). The first-order valence-corrected chi connectivity index (χ1v) is 12.4. The third-order valence-corrected chi connectivity index (χ3v) is 7.00. The molecule has 0 bridgehead atoms. The van der Waals surface area contributed by atoms with Gasteiger partial charge >= 0.3 is 0 Å². The van der Waals surface area contributed by atoms with E-state index in [1.54, 1.807) is 54.6 Å². The standard InChI is InChI=1S/C20H19N3O5S2/c1-29(24,25)23-19(20-11-6-12-28-20)14-18(21-23)15-7-5-8-16(13-15)22-30(26,27)17-9-3-2-4-10-17/h2-13,19,22H,14H2,1H3/t19-/m1/s1. The van der Waals surface area contributed by atoms with Crippen LogP contribution in [0.5, 0.6) is 0 Å². The van der Waals surface area contributed by atoms with E-state index in [0.29, 0.717) is 29.1 Å². The highest BCUT2D eigenvalue weighted by Gasteiger charge is 2.36. The Bertz CT molecular complexity index is 1290. The smallest absolute Gasteiger partial charge is 0.261 e. The molecule has 1 N–H and O–H groups in total. The Balaban J connectivity index is 1.64. The van der Waals surface area contributed by atoms with Gasteiger partial charge in [0.1, 0.15) is 11.8 Å². The molecule has 0 saturated carbocycles. The maximum Gasteiger partial charge on any atom is 0.261 e. The van der Waals surface area contributed by atoms with Crippen LogP contribution in [-0.4, -0.2) is 33.2 Å². The van der Waals surface area contributed by atoms with Gasteiger partial charge in [0.25, 0.3) is 10.0 Å². The van der Waals surface area contributed by atoms with Crippen molar-refractivity contribution in [2.75, 3.05) is 11.0 Å². The van der Waals surface area contributed by atoms with Crippen LogP contribution in [0.2, 0.25) is 0 Å². The number of hydrogen-bond acceptors (Lipinski definition) is 6. The molecular weight excluding hydrogens is 426 g/mol. The fraction of sp³-hybridized carbons (Fsp3) is 0.150. The number of nitrogens with one attached hydrogen (secondary N) is 1. The van der Waals surface area contributed by atoms with Crippen molar-refractivity contribution >= 4 is 31.4 Å². The van der Waals surface area contributed by atoms with Crippen LogP contribution in [0.25, 0.3) is 0 Å². The van der Waals surface area contributed by atoms with Crippen LogP contribution in [0.3, 0.4) is 0 Å². The predicted octanol–water partition coefficient (Wildman–Crippen LogP) is 3.19. The number of benzene rings is 2. The first-order valence-electron chi connectivity index (χ1n) is 9.03. The number of hydrogen-bond donors (Lipinski definition) is 1. The number of nitrogens with zero attached hydrogens (tertiary/aromatic N) is 2. The van der Waals surface area contributed by atoms with Crippen molar-refractivity contribution < 1.29 is 21.3 Å². The first-order chi connectivity index (χ1) is 14.2. The van der Waals surface area contributed by atoms with Gasteiger partial charge in [-0.05, 0) is 42.0 Å². The summed E-state index contributed by atoms with van der Waals surface area (Å²) in [5.41, 5.74) is 1.49. The van der Waals surface area contributed by atoms with Gasteiger partial charge in [-0.1, -0.05) is 30.3 Å². The zero-order valence-corrected chi connectivity index (χ0v) is 17.6. The molecule has 156 valence electrons. The predicted molar refractivity (Wildman–Crippen MR) is 113 cm³/mol. The van der Waals surface area contributed by atoms with Gasteiger partial charge in [0.2, 0.25) is 10.0 Å². The molecule has 10 heteroatoms. The average Bonchev–Trinajstić information content (AvgIpc) is 3.38. The SMILES string of the molecule is CS(=O)(=O)N1N=C(c2cccc(NS(=O)(=O)c3ccccc3)c2)C[C@@H]1c1ccco1. The molecule has 0 aliphatic carbocycles. The number of anilines is 1. The second-order valence-corrected chi connectivity index (χ2v) is 10.3. The summed E-state index contributed by atoms with van der Waals surface area (Å²) in [6.07, 6.45) is 2.86. The Morgan fingerprint density at radius 2 is 1.77 bits per heavy atom. The molecular formula is C20H19N3O5S2. The van der Waals surface area contributed by atoms with E-state index in [0.717, 1.165) is 10.7 Å². The summed E-state index contributed by atoms with van der Waals surface area (Å²) in [5, 5.41) is 4.29. The van der Waals surface area contributed by atoms with E-state index in [2.05, 4.69) is 9.82 Å². The van der Waals surface area contributed by atoms with E-state index < -0.39 is 26.1 Å². The van der Waals surface area contributed by atoms with E-state index in [9.17, 15) is 16.8 Å². The molecule has 30 heavy (non-hydrogen) atoms. The lowest BCUT2D eigenvalue weighted by atomic mass is 10.0. The summed E-state index contributed by atoms with van der Waals surface area (Å²) >= 11 is 0. The zero-order chi connectivity index (χ0) is 21.4. The fourth-order valence-electron chi connectivity index (χ4n) is 3.24. The Morgan fingerprint density at radius 3 is 2.43 bits per heavy atom. The molecule has 3 aromatic rings. The van der Waals surface area contributed by atoms with Crippen molar-refractivity contribution in [1.29, 1.82) is 0 Å². The molecule has 1 atom stereocenters. The second-order valence-electron chi connectivity index (χ2n) is 6.82. The van der Waals surface area contributed by atoms with Gasteiger partial charge in [-0.25, -0.2) is 16.8 Å². The normalized spacial score (nSPS) is 17.0. The summed E-state index contributed by atoms with van der Waals surface area (Å²) in [6, 6.07) is 17.5. The zero-order valence-electron chi connectivity index (χ0n) is 16.0. The minimum atomic E-state index is -3.75. The molecule has 2 heterocycles. The van der Waals surface area contributed by atoms with Crippen LogP contribution in [0.1, 0.15) is 23.8 Å². The Morgan fingerprint density at radius 1 is 1.00 bits per heavy atom. The molecule has 1 aliphatic heterocycles. The molecule has 2 aromatic carbocycles. The highest BCUT2D eigenvalue weighted by atomic mass is 32.2. The molecule has 0 amide bonds. The van der Waals surface area contributed by atoms with Crippen LogP contribution in [-0.2, 0) is 20.0 Å². The van der Waals surface area contributed by atoms with Gasteiger partial charge in [-0.15, -0.1) is 0 Å². The lowest BCUT2D eigenvalue weighted by Crippen LogP contribution is -2.25. The third-order valence-electron chi connectivity index (χ3n) is 4.59. The van der Waals surface area contributed by atoms with Gasteiger partial charge in [-0.2, -0.15) is 9.52 Å². The summed E-state index contributed by atoms with van der Waals surface area (Å²) in [4.78, 5) is 0.148. The van der Waals surface area contributed by atoms with E-state index in [1.807, 2.05) is 0 Å². The maximum atomic E-state index is 12.6. The largest absolute Gasteiger partial charge is 0.467 e. The van der Waals surface area contributed by atoms with Crippen molar-refractivity contribution in [3.8, 4) is 0 Å². The van der Waals surface area contributed by atoms with Crippen LogP contribution in [0.4, 0.5) is 5.69 Å². The lowest BCUT2D eigenvalue weighted by molar-refractivity contribution is 0.322. The van der Waals surface area contributed by atoms with Gasteiger partial charge in [0, 0.05) is 12.1 Å². The van der Waals surface area contributed by atoms with Gasteiger partial charge in [0.15, 0.2) is 0 Å². The first kappa shape index (κ1) is 20.2. The van der Waals surface area contributed by atoms with E-state index in [4.69, 9.17) is 4.42 Å². The van der Waals surface area contributed by atoms with Crippen molar-refractivity contribution in [1.82, 2.24) is 4.41 Å². The second kappa shape index (κ2) is 7.62. The van der Waals surface area contributed by atoms with Gasteiger partial charge in [-0.3, -0.25) is 4.72 Å². The van der Waals surface area contributed by atoms with Gasteiger partial charge < -0.3 is 4.42 Å². The topological polar surface area (TPSA) is 109 Å². The minimum absolute atomic E-state index is 0.148. The van der Waals surface area contributed by atoms with Crippen molar-refractivity contribution in [2.24, 2.45) is 5.10 Å². The van der Waals surface area contributed by atoms with E-state index in [-0.39, 0.29) is 4.90 Å². The van der Waals surface area contributed by atoms with Crippen LogP contribution in [0, 0.1) is 0 Å². The summed E-state index contributed by atoms with van der Waals surface area (Å²) in [5.74, 6) is 0.486. The lowest BCUT2D eigenvalue weighted by Gasteiger charge is -2.18. The maximum absolute atomic E-state index is 12.6. The highest BCUT2D eigenvalue weighted by Crippen LogP contribution is 2.35. The van der Waals surface area contributed by atoms with Crippen molar-refractivity contribution in [3.05, 3.63) is 84.3 Å². The third kappa shape index (κ3) is 4.10. The highest BCUT2D eigenvalue weighted by molar-refractivity contribution is 7.92. The summed E-state index contributed by atoms with van der Waals surface area (Å²) in [6.45, 7) is 0. The van der Waals surface area contributed by atoms with Crippen LogP contribution < -0.4 is 4.72 Å². The minimum Gasteiger partial charge on any atom is -0.467 e. The summed E-state index contributed by atoms with van der Waals surface area (Å²) in [7, 11) is -7.36. The molecule has 0 unspecified atom stereocenters. The molecule has 0 spiro atoms. The quantitative estimate of drug-likeness (QED) is 0.627. The van der Waals surface area contributed by atoms with Crippen molar-refractivity contribution in [2.45, 2.75) is 17.4 Å². The average molecular weight is 446 g/mol. The molecule has 8 nitrogen and oxygen atoms in total. The number of rotatable bonds is 6. The van der Waals surface area contributed by atoms with Gasteiger partial charge in [0.05, 0.1) is 23.1 Å². The number of furan rings is 1. The Hall–Kier alpha value is -3.11. The molecule has 0 fully saturated rings. The Kier molecular flexibility index (Phi) is 5.12. The summed E-state index contributed by atoms with van der Waals surface area (Å²) < 4.78 is 58.6. The number of sulfonamides is 2. The Labute approximate surface area is 174 Å². The molecule has 1 aliphatic rings.